The SMILES string of the molecule is Cc1nc(-c2ccc(C(C)(C)C)cc2)nc(C)c1C(=O)NC(CCN)C(=O)N(C)[C@@H]1C(=O)N[C@@H](C)C(=O)N[C@H](C(=O)NCC#N)Cc2ccc(O)c(c2)-c2cc1cc(OCCN)c2O. The minimum absolute atomic E-state index is 0.00602. The molecule has 1 aliphatic heterocycles. The molecule has 0 saturated heterocycles. The standard InChI is InChI=1S/C46H56N10O8/c1-24-37(25(2)52-40(51-24)28-9-11-30(12-10-28)46(4,5)6)43(61)54-33(14-15-47)45(63)56(7)38-29-22-32(39(58)36(23-29)64-19-17-49)31-20-27(8-13-35(31)57)21-34(42(60)50-18-16-48)55-41(59)26(3)53-44(38)62/h8-13,20,22-23,26,33-34,38,57-58H,14-15,17-19,21,47,49H2,1-7H3,(H,50,60)(H,53,62)(H,54,61)(H,55,59)/t26-,33?,34-,38-/m0/s1. The molecule has 64 heavy (non-hydrogen) atoms. The molecule has 4 bridgehead atoms. The van der Waals surface area contributed by atoms with E-state index in [4.69, 9.17) is 21.5 Å². The van der Waals surface area contributed by atoms with Crippen LogP contribution >= 0.6 is 0 Å². The van der Waals surface area contributed by atoms with Crippen LogP contribution in [0.25, 0.3) is 22.5 Å². The zero-order valence-corrected chi connectivity index (χ0v) is 37.0. The molecule has 5 rings (SSSR count). The van der Waals surface area contributed by atoms with E-state index >= 15 is 0 Å². The van der Waals surface area contributed by atoms with Gasteiger partial charge in [-0.05, 0) is 80.1 Å². The normalized spacial score (nSPS) is 16.8. The summed E-state index contributed by atoms with van der Waals surface area (Å²) >= 11 is 0. The topological polar surface area (TPSA) is 288 Å². The van der Waals surface area contributed by atoms with Gasteiger partial charge in [-0.1, -0.05) is 51.1 Å². The number of nitrogens with one attached hydrogen (secondary N) is 4. The van der Waals surface area contributed by atoms with Gasteiger partial charge in [-0.25, -0.2) is 9.97 Å². The van der Waals surface area contributed by atoms with Gasteiger partial charge in [0.15, 0.2) is 17.3 Å². The molecule has 0 fully saturated rings. The summed E-state index contributed by atoms with van der Waals surface area (Å²) in [5.41, 5.74) is 15.0. The number of nitrogens with two attached hydrogens (primary N) is 2. The highest BCUT2D eigenvalue weighted by Crippen LogP contribution is 2.44. The van der Waals surface area contributed by atoms with Crippen LogP contribution in [-0.4, -0.2) is 106 Å². The number of ether oxygens (including phenoxy) is 1. The van der Waals surface area contributed by atoms with Gasteiger partial charge in [0.1, 0.15) is 43.1 Å². The van der Waals surface area contributed by atoms with Gasteiger partial charge in [-0.15, -0.1) is 0 Å². The lowest BCUT2D eigenvalue weighted by Crippen LogP contribution is -2.56. The van der Waals surface area contributed by atoms with E-state index in [0.717, 1.165) is 16.0 Å². The third-order valence-electron chi connectivity index (χ3n) is 10.9. The molecule has 1 aromatic heterocycles. The molecule has 0 spiro atoms. The van der Waals surface area contributed by atoms with Crippen LogP contribution in [0, 0.1) is 25.2 Å². The highest BCUT2D eigenvalue weighted by atomic mass is 16.5. The molecule has 0 saturated carbocycles. The molecule has 4 atom stereocenters. The lowest BCUT2D eigenvalue weighted by molar-refractivity contribution is -0.141. The Morgan fingerprint density at radius 3 is 2.25 bits per heavy atom. The van der Waals surface area contributed by atoms with Gasteiger partial charge in [0.2, 0.25) is 23.6 Å². The second-order valence-corrected chi connectivity index (χ2v) is 16.7. The van der Waals surface area contributed by atoms with Crippen LogP contribution in [-0.2, 0) is 31.0 Å². The van der Waals surface area contributed by atoms with E-state index in [0.29, 0.717) is 22.8 Å². The van der Waals surface area contributed by atoms with E-state index in [1.807, 2.05) is 30.3 Å². The number of phenols is 2. The summed E-state index contributed by atoms with van der Waals surface area (Å²) in [5, 5.41) is 42.3. The Morgan fingerprint density at radius 2 is 1.64 bits per heavy atom. The van der Waals surface area contributed by atoms with Crippen molar-refractivity contribution in [2.24, 2.45) is 11.5 Å². The number of rotatable bonds is 12. The van der Waals surface area contributed by atoms with E-state index in [-0.39, 0.29) is 78.3 Å². The number of nitriles is 1. The molecule has 1 aliphatic rings. The van der Waals surface area contributed by atoms with Gasteiger partial charge in [0.05, 0.1) is 23.0 Å². The Labute approximate surface area is 371 Å². The highest BCUT2D eigenvalue weighted by Gasteiger charge is 2.37. The number of hydrogen-bond acceptors (Lipinski definition) is 13. The number of aromatic hydroxyl groups is 2. The maximum Gasteiger partial charge on any atom is 0.255 e. The third kappa shape index (κ3) is 10.9. The maximum absolute atomic E-state index is 14.7. The van der Waals surface area contributed by atoms with Crippen LogP contribution in [0.15, 0.2) is 54.6 Å². The lowest BCUT2D eigenvalue weighted by Gasteiger charge is -2.33. The molecule has 18 heteroatoms. The molecule has 0 aliphatic carbocycles. The quantitative estimate of drug-likeness (QED) is 0.0950. The first-order chi connectivity index (χ1) is 30.3. The number of nitrogens with zero attached hydrogens (tertiary/aromatic N) is 4. The summed E-state index contributed by atoms with van der Waals surface area (Å²) in [6.45, 7) is 10.6. The molecular weight excluding hydrogens is 821 g/mol. The van der Waals surface area contributed by atoms with Crippen molar-refractivity contribution < 1.29 is 38.9 Å². The first-order valence-corrected chi connectivity index (χ1v) is 20.8. The van der Waals surface area contributed by atoms with Gasteiger partial charge in [-0.3, -0.25) is 24.0 Å². The predicted molar refractivity (Wildman–Crippen MR) is 238 cm³/mol. The van der Waals surface area contributed by atoms with E-state index in [2.05, 4.69) is 52.0 Å². The van der Waals surface area contributed by atoms with Gasteiger partial charge < -0.3 is 52.6 Å². The molecule has 4 aromatic rings. The molecule has 0 radical (unpaired) electrons. The summed E-state index contributed by atoms with van der Waals surface area (Å²) in [7, 11) is 1.33. The van der Waals surface area contributed by atoms with Crippen LogP contribution < -0.4 is 37.5 Å². The minimum atomic E-state index is -1.57. The number of phenolic OH excluding ortho intramolecular Hbond substituents is 2. The van der Waals surface area contributed by atoms with Crippen LogP contribution in [0.3, 0.4) is 0 Å². The summed E-state index contributed by atoms with van der Waals surface area (Å²) in [6, 6.07) is 11.4. The van der Waals surface area contributed by atoms with E-state index in [9.17, 15) is 34.2 Å². The fraction of sp³-hybridized carbons (Fsp3) is 0.391. The van der Waals surface area contributed by atoms with Crippen LogP contribution in [0.2, 0.25) is 0 Å². The zero-order valence-electron chi connectivity index (χ0n) is 37.0. The largest absolute Gasteiger partial charge is 0.507 e. The summed E-state index contributed by atoms with van der Waals surface area (Å²) in [6.07, 6.45) is -0.163. The van der Waals surface area contributed by atoms with E-state index in [1.165, 1.54) is 44.3 Å². The van der Waals surface area contributed by atoms with E-state index < -0.39 is 59.5 Å². The number of hydrogen-bond donors (Lipinski definition) is 8. The van der Waals surface area contributed by atoms with Gasteiger partial charge in [0.25, 0.3) is 5.91 Å². The fourth-order valence-electron chi connectivity index (χ4n) is 7.42. The Kier molecular flexibility index (Phi) is 15.3. The molecule has 5 amide bonds. The average Bonchev–Trinajstić information content (AvgIpc) is 3.24. The van der Waals surface area contributed by atoms with Crippen LogP contribution in [0.5, 0.6) is 17.2 Å². The summed E-state index contributed by atoms with van der Waals surface area (Å²) in [4.78, 5) is 80.4. The van der Waals surface area contributed by atoms with Crippen molar-refractivity contribution in [1.82, 2.24) is 36.1 Å². The Bertz CT molecular complexity index is 2440. The monoisotopic (exact) mass is 876 g/mol. The van der Waals surface area contributed by atoms with Crippen molar-refractivity contribution in [3.8, 4) is 45.8 Å². The highest BCUT2D eigenvalue weighted by molar-refractivity contribution is 6.00. The molecule has 18 nitrogen and oxygen atoms in total. The first-order valence-electron chi connectivity index (χ1n) is 20.8. The van der Waals surface area contributed by atoms with Crippen molar-refractivity contribution in [1.29, 1.82) is 5.26 Å². The summed E-state index contributed by atoms with van der Waals surface area (Å²) in [5.74, 6) is -4.17. The molecule has 3 aromatic carbocycles. The fourth-order valence-corrected chi connectivity index (χ4v) is 7.42. The van der Waals surface area contributed by atoms with Crippen molar-refractivity contribution in [3.05, 3.63) is 88.2 Å². The number of likely N-dealkylation sites (N-methyl/N-ethyl adjacent to an activating group) is 1. The van der Waals surface area contributed by atoms with Crippen molar-refractivity contribution in [3.63, 3.8) is 0 Å². The number of fused-ring (bicyclic) bond motifs is 5. The Balaban J connectivity index is 1.56. The Morgan fingerprint density at radius 1 is 0.969 bits per heavy atom. The number of aromatic nitrogens is 2. The van der Waals surface area contributed by atoms with E-state index in [1.54, 1.807) is 13.8 Å². The molecular formula is C46H56N10O8. The molecule has 2 heterocycles. The lowest BCUT2D eigenvalue weighted by atomic mass is 9.86. The van der Waals surface area contributed by atoms with Crippen molar-refractivity contribution in [2.75, 3.05) is 33.3 Å². The maximum atomic E-state index is 14.7. The van der Waals surface area contributed by atoms with Crippen LogP contribution in [0.4, 0.5) is 0 Å². The van der Waals surface area contributed by atoms with Crippen LogP contribution in [0.1, 0.15) is 78.6 Å². The third-order valence-corrected chi connectivity index (χ3v) is 10.9. The average molecular weight is 877 g/mol. The predicted octanol–water partition coefficient (Wildman–Crippen LogP) is 2.31. The number of amides is 5. The van der Waals surface area contributed by atoms with Gasteiger partial charge >= 0.3 is 0 Å². The second kappa shape index (κ2) is 20.4. The number of benzene rings is 3. The molecule has 1 unspecified atom stereocenters. The zero-order chi connectivity index (χ0) is 47.0. The smallest absolute Gasteiger partial charge is 0.255 e. The van der Waals surface area contributed by atoms with Crippen molar-refractivity contribution in [2.45, 2.75) is 84.0 Å². The summed E-state index contributed by atoms with van der Waals surface area (Å²) < 4.78 is 5.82. The number of carbonyl (C=O) groups excluding carboxylic acids is 5. The van der Waals surface area contributed by atoms with Gasteiger partial charge in [-0.2, -0.15) is 5.26 Å². The van der Waals surface area contributed by atoms with Gasteiger partial charge in [0, 0.05) is 36.7 Å². The molecule has 338 valence electrons. The number of aryl methyl sites for hydroxylation is 2. The first kappa shape index (κ1) is 47.9. The minimum Gasteiger partial charge on any atom is -0.507 e. The number of carbonyl (C=O) groups is 5. The Hall–Kier alpha value is -7.10. The second-order valence-electron chi connectivity index (χ2n) is 16.7. The van der Waals surface area contributed by atoms with Crippen molar-refractivity contribution >= 4 is 29.5 Å². The molecule has 10 N–H and O–H groups in total.